The summed E-state index contributed by atoms with van der Waals surface area (Å²) in [5, 5.41) is 19.1. The molecule has 0 radical (unpaired) electrons. The molecule has 0 amide bonds. The van der Waals surface area contributed by atoms with E-state index in [1.165, 1.54) is 11.8 Å². The third-order valence-corrected chi connectivity index (χ3v) is 5.16. The second-order valence-corrected chi connectivity index (χ2v) is 7.85. The third-order valence-electron chi connectivity index (χ3n) is 3.88. The van der Waals surface area contributed by atoms with Gasteiger partial charge in [-0.05, 0) is 35.8 Å². The number of thioether (sulfide) groups is 1. The Balaban J connectivity index is 1.94. The number of nitrogens with one attached hydrogen (secondary N) is 1. The summed E-state index contributed by atoms with van der Waals surface area (Å²) in [6, 6.07) is 0. The van der Waals surface area contributed by atoms with Crippen molar-refractivity contribution in [2.24, 2.45) is 0 Å². The molecule has 4 heterocycles. The van der Waals surface area contributed by atoms with Crippen molar-refractivity contribution in [3.8, 4) is 0 Å². The first-order valence-electron chi connectivity index (χ1n) is 7.42. The average molecular weight is 461 g/mol. The number of hydrogen-bond donors (Lipinski definition) is 2. The Bertz CT molecular complexity index is 909. The average Bonchev–Trinajstić information content (AvgIpc) is 3.02. The molecule has 0 unspecified atom stereocenters. The number of aliphatic hydroxyl groups is 1. The maximum Gasteiger partial charge on any atom is 0.235 e. The number of furan rings is 1. The highest BCUT2D eigenvalue weighted by molar-refractivity contribution is 14.1. The van der Waals surface area contributed by atoms with Crippen molar-refractivity contribution in [3.05, 3.63) is 3.70 Å². The Morgan fingerprint density at radius 3 is 3.04 bits per heavy atom. The van der Waals surface area contributed by atoms with Crippen LogP contribution < -0.4 is 4.90 Å². The van der Waals surface area contributed by atoms with Crippen molar-refractivity contribution in [3.63, 3.8) is 0 Å². The predicted molar refractivity (Wildman–Crippen MR) is 99.6 cm³/mol. The van der Waals surface area contributed by atoms with Crippen molar-refractivity contribution in [2.75, 3.05) is 37.5 Å². The second-order valence-electron chi connectivity index (χ2n) is 6.00. The van der Waals surface area contributed by atoms with Crippen LogP contribution in [0.3, 0.4) is 0 Å². The number of hydrogen-bond acceptors (Lipinski definition) is 8. The van der Waals surface area contributed by atoms with Crippen molar-refractivity contribution < 1.29 is 14.3 Å². The lowest BCUT2D eigenvalue weighted by atomic mass is 10.1. The maximum atomic E-state index is 10.5. The molecule has 10 heteroatoms. The minimum Gasteiger partial charge on any atom is -0.433 e. The van der Waals surface area contributed by atoms with Crippen LogP contribution in [0.15, 0.2) is 9.57 Å². The molecule has 1 aliphatic heterocycles. The first-order chi connectivity index (χ1) is 11.5. The van der Waals surface area contributed by atoms with Crippen LogP contribution in [-0.2, 0) is 4.74 Å². The van der Waals surface area contributed by atoms with Crippen molar-refractivity contribution in [1.29, 1.82) is 0 Å². The van der Waals surface area contributed by atoms with Crippen LogP contribution in [0.4, 0.5) is 5.82 Å². The number of β-amino-alcohol motifs (C(OH)–C–C–N with tert-alkyl or cyclic N) is 1. The molecule has 0 aliphatic carbocycles. The summed E-state index contributed by atoms with van der Waals surface area (Å²) >= 11 is 3.60. The van der Waals surface area contributed by atoms with E-state index in [4.69, 9.17) is 9.15 Å². The van der Waals surface area contributed by atoms with Crippen LogP contribution in [0.25, 0.3) is 22.2 Å². The number of aromatic nitrogens is 4. The van der Waals surface area contributed by atoms with Crippen LogP contribution in [0.2, 0.25) is 0 Å². The van der Waals surface area contributed by atoms with Gasteiger partial charge in [-0.3, -0.25) is 5.10 Å². The van der Waals surface area contributed by atoms with Crippen LogP contribution >= 0.6 is 34.4 Å². The monoisotopic (exact) mass is 461 g/mol. The molecule has 1 fully saturated rings. The number of nitrogens with zero attached hydrogens (tertiary/aromatic N) is 4. The van der Waals surface area contributed by atoms with Gasteiger partial charge < -0.3 is 19.2 Å². The summed E-state index contributed by atoms with van der Waals surface area (Å²) in [5.41, 5.74) is 0.952. The molecular formula is C14H16IN5O3S. The molecule has 24 heavy (non-hydrogen) atoms. The fourth-order valence-electron chi connectivity index (χ4n) is 2.86. The van der Waals surface area contributed by atoms with Gasteiger partial charge in [0.05, 0.1) is 19.8 Å². The molecule has 0 spiro atoms. The fraction of sp³-hybridized carbons (Fsp3) is 0.500. The summed E-state index contributed by atoms with van der Waals surface area (Å²) in [6.45, 7) is 3.64. The summed E-state index contributed by atoms with van der Waals surface area (Å²) in [7, 11) is 0. The lowest BCUT2D eigenvalue weighted by Gasteiger charge is -2.28. The largest absolute Gasteiger partial charge is 0.433 e. The van der Waals surface area contributed by atoms with Crippen LogP contribution in [-0.4, -0.2) is 63.4 Å². The van der Waals surface area contributed by atoms with E-state index in [1.54, 1.807) is 6.92 Å². The molecule has 4 rings (SSSR count). The molecule has 0 saturated carbocycles. The van der Waals surface area contributed by atoms with Gasteiger partial charge in [0.1, 0.15) is 26.0 Å². The van der Waals surface area contributed by atoms with Gasteiger partial charge >= 0.3 is 0 Å². The van der Waals surface area contributed by atoms with Crippen molar-refractivity contribution >= 4 is 62.4 Å². The van der Waals surface area contributed by atoms with E-state index < -0.39 is 5.60 Å². The van der Waals surface area contributed by atoms with E-state index >= 15 is 0 Å². The van der Waals surface area contributed by atoms with Crippen molar-refractivity contribution in [2.45, 2.75) is 17.7 Å². The Kier molecular flexibility index (Phi) is 4.09. The molecule has 2 N–H and O–H groups in total. The number of ether oxygens (including phenoxy) is 1. The molecule has 3 aromatic rings. The van der Waals surface area contributed by atoms with Gasteiger partial charge in [0.15, 0.2) is 10.7 Å². The SMILES string of the molecule is CSc1nc(N2CCOC[C@@](C)(O)C2)c2c(n1)oc1c(I)[nH]nc12. The molecule has 8 nitrogen and oxygen atoms in total. The Morgan fingerprint density at radius 2 is 2.25 bits per heavy atom. The van der Waals surface area contributed by atoms with E-state index in [0.717, 1.165) is 14.9 Å². The standard InChI is InChI=1S/C14H16IN5O3S/c1-14(21)5-20(3-4-22-6-14)11-7-8-9(10(15)19-18-8)23-12(7)17-13(16-11)24-2/h21H,3-6H2,1-2H3,(H,18,19)/t14-/m0/s1. The number of halogens is 1. The minimum absolute atomic E-state index is 0.300. The molecular weight excluding hydrogens is 445 g/mol. The molecule has 128 valence electrons. The maximum absolute atomic E-state index is 10.5. The zero-order valence-corrected chi connectivity index (χ0v) is 16.1. The number of fused-ring (bicyclic) bond motifs is 3. The molecule has 1 saturated heterocycles. The number of aromatic amines is 1. The Morgan fingerprint density at radius 1 is 1.42 bits per heavy atom. The van der Waals surface area contributed by atoms with Gasteiger partial charge in [-0.15, -0.1) is 0 Å². The molecule has 1 aliphatic rings. The zero-order valence-electron chi connectivity index (χ0n) is 13.2. The van der Waals surface area contributed by atoms with Gasteiger partial charge in [0.2, 0.25) is 5.71 Å². The van der Waals surface area contributed by atoms with E-state index in [1.807, 2.05) is 11.2 Å². The smallest absolute Gasteiger partial charge is 0.235 e. The normalized spacial score (nSPS) is 22.4. The first-order valence-corrected chi connectivity index (χ1v) is 9.72. The van der Waals surface area contributed by atoms with Gasteiger partial charge in [0, 0.05) is 6.54 Å². The summed E-state index contributed by atoms with van der Waals surface area (Å²) in [4.78, 5) is 11.2. The van der Waals surface area contributed by atoms with Gasteiger partial charge in [-0.25, -0.2) is 4.98 Å². The van der Waals surface area contributed by atoms with E-state index in [0.29, 0.717) is 48.3 Å². The van der Waals surface area contributed by atoms with E-state index in [2.05, 4.69) is 42.8 Å². The first kappa shape index (κ1) is 16.4. The topological polar surface area (TPSA) is 100 Å². The Labute approximate surface area is 155 Å². The highest BCUT2D eigenvalue weighted by Gasteiger charge is 2.31. The molecule has 0 aromatic carbocycles. The summed E-state index contributed by atoms with van der Waals surface area (Å²) in [5.74, 6) is 0.719. The minimum atomic E-state index is -0.948. The van der Waals surface area contributed by atoms with Gasteiger partial charge in [-0.2, -0.15) is 10.1 Å². The Hall–Kier alpha value is -1.11. The van der Waals surface area contributed by atoms with Crippen LogP contribution in [0.5, 0.6) is 0 Å². The molecule has 1 atom stereocenters. The number of anilines is 1. The van der Waals surface area contributed by atoms with Crippen LogP contribution in [0.1, 0.15) is 6.92 Å². The highest BCUT2D eigenvalue weighted by Crippen LogP contribution is 2.36. The number of rotatable bonds is 2. The van der Waals surface area contributed by atoms with Gasteiger partial charge in [0.25, 0.3) is 0 Å². The fourth-order valence-corrected chi connectivity index (χ4v) is 3.70. The lowest BCUT2D eigenvalue weighted by Crippen LogP contribution is -2.42. The lowest BCUT2D eigenvalue weighted by molar-refractivity contribution is -0.0123. The molecule has 0 bridgehead atoms. The van der Waals surface area contributed by atoms with E-state index in [-0.39, 0.29) is 0 Å². The zero-order chi connectivity index (χ0) is 16.9. The summed E-state index contributed by atoms with van der Waals surface area (Å²) in [6.07, 6.45) is 1.92. The van der Waals surface area contributed by atoms with Crippen LogP contribution in [0, 0.1) is 3.70 Å². The summed E-state index contributed by atoms with van der Waals surface area (Å²) < 4.78 is 12.2. The second kappa shape index (κ2) is 6.00. The quantitative estimate of drug-likeness (QED) is 0.340. The highest BCUT2D eigenvalue weighted by atomic mass is 127. The van der Waals surface area contributed by atoms with Crippen molar-refractivity contribution in [1.82, 2.24) is 20.2 Å². The van der Waals surface area contributed by atoms with Gasteiger partial charge in [-0.1, -0.05) is 11.8 Å². The number of H-pyrrole nitrogens is 1. The van der Waals surface area contributed by atoms with E-state index in [9.17, 15) is 5.11 Å². The third kappa shape index (κ3) is 2.74. The predicted octanol–water partition coefficient (Wildman–Crippen LogP) is 2.01. The molecule has 3 aromatic heterocycles.